The predicted molar refractivity (Wildman–Crippen MR) is 141 cm³/mol. The first-order chi connectivity index (χ1) is 14.2. The summed E-state index contributed by atoms with van der Waals surface area (Å²) < 4.78 is 43.6. The van der Waals surface area contributed by atoms with Gasteiger partial charge in [0.2, 0.25) is 0 Å². The van der Waals surface area contributed by atoms with E-state index in [1.165, 1.54) is 18.9 Å². The topological polar surface area (TPSA) is 46.2 Å². The van der Waals surface area contributed by atoms with Crippen LogP contribution in [0.2, 0.25) is 70.5 Å². The van der Waals surface area contributed by atoms with Crippen LogP contribution in [0, 0.1) is 0 Å². The molecule has 0 aliphatic carbocycles. The van der Waals surface area contributed by atoms with Crippen molar-refractivity contribution in [2.45, 2.75) is 116 Å². The smallest absolute Gasteiger partial charge is 0.360 e. The molecule has 0 saturated heterocycles. The predicted octanol–water partition coefficient (Wildman–Crippen LogP) is 7.29. The lowest BCUT2D eigenvalue weighted by molar-refractivity contribution is 0.0580. The average Bonchev–Trinajstić information content (AvgIpc) is 2.59. The van der Waals surface area contributed by atoms with Gasteiger partial charge in [0.15, 0.2) is 23.5 Å². The van der Waals surface area contributed by atoms with Crippen molar-refractivity contribution in [3.63, 3.8) is 0 Å². The van der Waals surface area contributed by atoms with Crippen LogP contribution < -0.4 is 0 Å². The average molecular weight is 530 g/mol. The third-order valence-corrected chi connectivity index (χ3v) is 23.5. The number of rotatable bonds is 19. The van der Waals surface area contributed by atoms with Crippen molar-refractivity contribution in [2.75, 3.05) is 13.5 Å². The number of ether oxygens (including phenoxy) is 1. The van der Waals surface area contributed by atoms with Gasteiger partial charge in [-0.05, 0) is 76.9 Å². The lowest BCUT2D eigenvalue weighted by Crippen LogP contribution is -2.56. The fourth-order valence-electron chi connectivity index (χ4n) is 3.90. The molecule has 11 heteroatoms. The van der Waals surface area contributed by atoms with Gasteiger partial charge in [-0.3, -0.25) is 0 Å². The van der Waals surface area contributed by atoms with Crippen molar-refractivity contribution in [3.05, 3.63) is 0 Å². The molecule has 31 heavy (non-hydrogen) atoms. The molecule has 5 nitrogen and oxygen atoms in total. The number of hydrogen-bond acceptors (Lipinski definition) is 5. The second-order valence-corrected chi connectivity index (χ2v) is 28.1. The first kappa shape index (κ1) is 31.8. The largest absolute Gasteiger partial charge is 0.436 e. The number of halogens is 1. The third-order valence-electron chi connectivity index (χ3n) is 5.02. The van der Waals surface area contributed by atoms with Gasteiger partial charge in [-0.1, -0.05) is 39.5 Å². The van der Waals surface area contributed by atoms with Gasteiger partial charge in [0, 0.05) is 6.61 Å². The molecule has 0 heterocycles. The minimum Gasteiger partial charge on any atom is -0.436 e. The molecular formula is C20H50FO5Si5. The summed E-state index contributed by atoms with van der Waals surface area (Å²) in [5, 5.41) is 0. The zero-order valence-corrected chi connectivity index (χ0v) is 27.0. The molecule has 0 aliphatic heterocycles. The summed E-state index contributed by atoms with van der Waals surface area (Å²) in [5.74, 6) is 0. The van der Waals surface area contributed by atoms with Gasteiger partial charge < -0.3 is 21.2 Å². The Morgan fingerprint density at radius 3 is 1.81 bits per heavy atom. The van der Waals surface area contributed by atoms with Crippen LogP contribution >= 0.6 is 0 Å². The maximum Gasteiger partial charge on any atom is 0.360 e. The molecule has 0 bridgehead atoms. The summed E-state index contributed by atoms with van der Waals surface area (Å²) in [6, 6.07) is 3.08. The highest BCUT2D eigenvalue weighted by Gasteiger charge is 2.44. The first-order valence-electron chi connectivity index (χ1n) is 12.0. The Kier molecular flexibility index (Phi) is 15.3. The Bertz CT molecular complexity index is 485. The van der Waals surface area contributed by atoms with E-state index in [1.807, 2.05) is 0 Å². The summed E-state index contributed by atoms with van der Waals surface area (Å²) in [7, 11) is -9.80. The van der Waals surface area contributed by atoms with Crippen LogP contribution in [0.1, 0.15) is 46.0 Å². The van der Waals surface area contributed by atoms with Crippen LogP contribution in [-0.2, 0) is 21.2 Å². The van der Waals surface area contributed by atoms with Gasteiger partial charge in [0.25, 0.3) is 0 Å². The minimum absolute atomic E-state index is 0.448. The number of alkyl halides is 1. The SMILES string of the molecule is CCCC[Si](C)(C)O[Si](C)(C)O[Si](C)(CCCC)O[Si](C)O[Si](C)(C)CCCOCF. The molecule has 0 N–H and O–H groups in total. The Morgan fingerprint density at radius 2 is 1.26 bits per heavy atom. The minimum atomic E-state index is -2.42. The Morgan fingerprint density at radius 1 is 0.710 bits per heavy atom. The van der Waals surface area contributed by atoms with E-state index in [0.717, 1.165) is 31.4 Å². The van der Waals surface area contributed by atoms with Gasteiger partial charge in [0.1, 0.15) is 0 Å². The molecule has 1 atom stereocenters. The number of unbranched alkanes of at least 4 members (excludes halogenated alkanes) is 2. The summed E-state index contributed by atoms with van der Waals surface area (Å²) in [6.45, 7) is 21.9. The Hall–Kier alpha value is 0.814. The molecule has 0 aliphatic rings. The van der Waals surface area contributed by atoms with Crippen molar-refractivity contribution in [1.82, 2.24) is 0 Å². The zero-order valence-electron chi connectivity index (χ0n) is 22.0. The lowest BCUT2D eigenvalue weighted by Gasteiger charge is -2.41. The zero-order chi connectivity index (χ0) is 24.2. The first-order valence-corrected chi connectivity index (χ1v) is 25.3. The van der Waals surface area contributed by atoms with E-state index in [0.29, 0.717) is 6.61 Å². The molecule has 0 fully saturated rings. The molecule has 0 aromatic heterocycles. The fraction of sp³-hybridized carbons (Fsp3) is 1.00. The molecule has 0 rings (SSSR count). The van der Waals surface area contributed by atoms with E-state index < -0.39 is 49.9 Å². The van der Waals surface area contributed by atoms with Gasteiger partial charge in [-0.25, -0.2) is 4.39 Å². The van der Waals surface area contributed by atoms with Crippen LogP contribution in [0.5, 0.6) is 0 Å². The summed E-state index contributed by atoms with van der Waals surface area (Å²) >= 11 is 0. The van der Waals surface area contributed by atoms with E-state index in [4.69, 9.17) is 21.2 Å². The summed E-state index contributed by atoms with van der Waals surface area (Å²) in [4.78, 5) is 0. The van der Waals surface area contributed by atoms with Crippen LogP contribution in [0.4, 0.5) is 4.39 Å². The van der Waals surface area contributed by atoms with Crippen molar-refractivity contribution < 1.29 is 25.6 Å². The van der Waals surface area contributed by atoms with Crippen molar-refractivity contribution in [3.8, 4) is 0 Å². The second kappa shape index (κ2) is 14.9. The summed E-state index contributed by atoms with van der Waals surface area (Å²) in [6.07, 6.45) is 5.46. The maximum absolute atomic E-state index is 12.1. The van der Waals surface area contributed by atoms with Gasteiger partial charge in [-0.15, -0.1) is 0 Å². The Labute approximate surface area is 198 Å². The lowest BCUT2D eigenvalue weighted by atomic mass is 10.4. The quantitative estimate of drug-likeness (QED) is 0.130. The summed E-state index contributed by atoms with van der Waals surface area (Å²) in [5.41, 5.74) is 0. The Balaban J connectivity index is 5.06. The van der Waals surface area contributed by atoms with E-state index >= 15 is 0 Å². The standard InChI is InChI=1S/C20H50FO5Si5/c1-11-13-17-29(6,7)25-30(8,9)26-31(10,19-14-12-2)24-27(3)23-28(4,5)18-15-16-22-20-21/h11-20H2,1-10H3. The highest BCUT2D eigenvalue weighted by molar-refractivity contribution is 6.88. The highest BCUT2D eigenvalue weighted by atomic mass is 28.5. The van der Waals surface area contributed by atoms with Crippen LogP contribution in [-0.4, -0.2) is 56.5 Å². The van der Waals surface area contributed by atoms with Gasteiger partial charge >= 0.3 is 26.4 Å². The molecular weight excluding hydrogens is 480 g/mol. The molecule has 1 radical (unpaired) electrons. The van der Waals surface area contributed by atoms with Crippen LogP contribution in [0.25, 0.3) is 0 Å². The molecule has 187 valence electrons. The van der Waals surface area contributed by atoms with E-state index in [1.54, 1.807) is 0 Å². The highest BCUT2D eigenvalue weighted by Crippen LogP contribution is 2.28. The van der Waals surface area contributed by atoms with E-state index in [9.17, 15) is 4.39 Å². The molecule has 0 aromatic rings. The van der Waals surface area contributed by atoms with Crippen molar-refractivity contribution in [1.29, 1.82) is 0 Å². The van der Waals surface area contributed by atoms with Crippen LogP contribution in [0.3, 0.4) is 0 Å². The van der Waals surface area contributed by atoms with Crippen molar-refractivity contribution >= 4 is 43.0 Å². The van der Waals surface area contributed by atoms with E-state index in [2.05, 4.69) is 66.2 Å². The maximum atomic E-state index is 12.1. The van der Waals surface area contributed by atoms with Crippen LogP contribution in [0.15, 0.2) is 0 Å². The van der Waals surface area contributed by atoms with E-state index in [-0.39, 0.29) is 0 Å². The van der Waals surface area contributed by atoms with Gasteiger partial charge in [-0.2, -0.15) is 0 Å². The normalized spacial score (nSPS) is 15.5. The molecule has 1 unspecified atom stereocenters. The molecule has 0 spiro atoms. The number of hydrogen-bond donors (Lipinski definition) is 0. The third kappa shape index (κ3) is 16.1. The second-order valence-electron chi connectivity index (χ2n) is 10.3. The molecule has 0 amide bonds. The fourth-order valence-corrected chi connectivity index (χ4v) is 25.4. The van der Waals surface area contributed by atoms with Gasteiger partial charge in [0.05, 0.1) is 0 Å². The molecule has 0 aromatic carbocycles. The van der Waals surface area contributed by atoms with Crippen molar-refractivity contribution in [2.24, 2.45) is 0 Å². The molecule has 0 saturated carbocycles. The monoisotopic (exact) mass is 529 g/mol.